The third-order valence-electron chi connectivity index (χ3n) is 2.53. The number of aliphatic hydroxyl groups is 1. The second-order valence-electron chi connectivity index (χ2n) is 3.68. The fourth-order valence-corrected chi connectivity index (χ4v) is 1.74. The minimum Gasteiger partial charge on any atom is -0.381 e. The number of hydrogen-bond acceptors (Lipinski definition) is 3. The van der Waals surface area contributed by atoms with Crippen LogP contribution in [-0.2, 0) is 5.60 Å². The normalized spacial score (nSPS) is 14.4. The zero-order chi connectivity index (χ0) is 11.6. The molecule has 0 fully saturated rings. The van der Waals surface area contributed by atoms with Gasteiger partial charge in [0.25, 0.3) is 0 Å². The Morgan fingerprint density at radius 1 is 1.12 bits per heavy atom. The number of pyridine rings is 2. The van der Waals surface area contributed by atoms with Gasteiger partial charge in [-0.15, -0.1) is 0 Å². The van der Waals surface area contributed by atoms with Gasteiger partial charge < -0.3 is 5.11 Å². The highest BCUT2D eigenvalue weighted by Gasteiger charge is 2.25. The quantitative estimate of drug-likeness (QED) is 0.859. The molecule has 0 amide bonds. The van der Waals surface area contributed by atoms with Crippen LogP contribution in [0.3, 0.4) is 0 Å². The molecule has 3 nitrogen and oxygen atoms in total. The Kier molecular flexibility index (Phi) is 3.03. The highest BCUT2D eigenvalue weighted by molar-refractivity contribution is 9.10. The van der Waals surface area contributed by atoms with Crippen LogP contribution in [0.15, 0.2) is 47.5 Å². The molecule has 2 heterocycles. The Morgan fingerprint density at radius 2 is 1.81 bits per heavy atom. The maximum absolute atomic E-state index is 10.5. The monoisotopic (exact) mass is 278 g/mol. The first kappa shape index (κ1) is 11.2. The molecule has 0 aromatic carbocycles. The standard InChI is InChI=1S/C12H11BrN2O/c1-12(16,9-4-6-14-7-5-9)10-2-3-11(13)15-8-10/h2-8,16H,1H3/t12-/m1/s1. The third kappa shape index (κ3) is 2.13. The molecule has 0 aliphatic carbocycles. The molecule has 1 atom stereocenters. The highest BCUT2D eigenvalue weighted by atomic mass is 79.9. The number of nitrogens with zero attached hydrogens (tertiary/aromatic N) is 2. The van der Waals surface area contributed by atoms with Crippen molar-refractivity contribution < 1.29 is 5.11 Å². The summed E-state index contributed by atoms with van der Waals surface area (Å²) in [5, 5.41) is 10.5. The van der Waals surface area contributed by atoms with E-state index in [1.807, 2.05) is 12.1 Å². The van der Waals surface area contributed by atoms with Crippen LogP contribution in [0.2, 0.25) is 0 Å². The Bertz CT molecular complexity index is 468. The molecule has 0 saturated heterocycles. The van der Waals surface area contributed by atoms with Gasteiger partial charge in [-0.2, -0.15) is 0 Å². The lowest BCUT2D eigenvalue weighted by Gasteiger charge is -2.23. The molecule has 0 radical (unpaired) electrons. The number of aromatic nitrogens is 2. The summed E-state index contributed by atoms with van der Waals surface area (Å²) in [5.41, 5.74) is 0.505. The van der Waals surface area contributed by atoms with E-state index in [-0.39, 0.29) is 0 Å². The van der Waals surface area contributed by atoms with Gasteiger partial charge in [0.05, 0.1) is 0 Å². The second-order valence-corrected chi connectivity index (χ2v) is 4.49. The van der Waals surface area contributed by atoms with Gasteiger partial charge in [0, 0.05) is 24.2 Å². The maximum atomic E-state index is 10.5. The van der Waals surface area contributed by atoms with Crippen molar-refractivity contribution >= 4 is 15.9 Å². The molecular formula is C12H11BrN2O. The highest BCUT2D eigenvalue weighted by Crippen LogP contribution is 2.28. The van der Waals surface area contributed by atoms with E-state index in [1.54, 1.807) is 37.6 Å². The smallest absolute Gasteiger partial charge is 0.113 e. The van der Waals surface area contributed by atoms with Gasteiger partial charge in [-0.1, -0.05) is 6.07 Å². The minimum atomic E-state index is -1.04. The Balaban J connectivity index is 2.43. The van der Waals surface area contributed by atoms with Crippen LogP contribution in [-0.4, -0.2) is 15.1 Å². The number of rotatable bonds is 2. The van der Waals surface area contributed by atoms with Crippen LogP contribution in [0, 0.1) is 0 Å². The van der Waals surface area contributed by atoms with E-state index in [0.717, 1.165) is 15.7 Å². The van der Waals surface area contributed by atoms with E-state index in [0.29, 0.717) is 0 Å². The van der Waals surface area contributed by atoms with Gasteiger partial charge in [0.2, 0.25) is 0 Å². The van der Waals surface area contributed by atoms with Crippen molar-refractivity contribution in [3.05, 3.63) is 58.6 Å². The van der Waals surface area contributed by atoms with Crippen molar-refractivity contribution in [3.63, 3.8) is 0 Å². The summed E-state index contributed by atoms with van der Waals surface area (Å²) in [6.45, 7) is 1.74. The molecule has 2 rings (SSSR count). The third-order valence-corrected chi connectivity index (χ3v) is 3.00. The lowest BCUT2D eigenvalue weighted by atomic mass is 9.90. The second kappa shape index (κ2) is 4.31. The van der Waals surface area contributed by atoms with Crippen LogP contribution >= 0.6 is 15.9 Å². The minimum absolute atomic E-state index is 0.752. The maximum Gasteiger partial charge on any atom is 0.113 e. The Morgan fingerprint density at radius 3 is 2.38 bits per heavy atom. The average molecular weight is 279 g/mol. The van der Waals surface area contributed by atoms with Gasteiger partial charge in [0.15, 0.2) is 0 Å². The molecule has 0 saturated carbocycles. The van der Waals surface area contributed by atoms with Gasteiger partial charge in [-0.3, -0.25) is 4.98 Å². The predicted octanol–water partition coefficient (Wildman–Crippen LogP) is 2.49. The largest absolute Gasteiger partial charge is 0.381 e. The van der Waals surface area contributed by atoms with Crippen molar-refractivity contribution in [1.82, 2.24) is 9.97 Å². The molecule has 0 unspecified atom stereocenters. The molecule has 2 aromatic rings. The van der Waals surface area contributed by atoms with Crippen LogP contribution in [0.25, 0.3) is 0 Å². The molecule has 82 valence electrons. The summed E-state index contributed by atoms with van der Waals surface area (Å²) in [5.74, 6) is 0. The van der Waals surface area contributed by atoms with Gasteiger partial charge in [-0.25, -0.2) is 4.98 Å². The van der Waals surface area contributed by atoms with Crippen molar-refractivity contribution in [2.45, 2.75) is 12.5 Å². The summed E-state index contributed by atoms with van der Waals surface area (Å²) >= 11 is 3.27. The van der Waals surface area contributed by atoms with Crippen LogP contribution in [0.4, 0.5) is 0 Å². The molecule has 1 N–H and O–H groups in total. The number of halogens is 1. The van der Waals surface area contributed by atoms with Crippen LogP contribution in [0.5, 0.6) is 0 Å². The SMILES string of the molecule is C[C@@](O)(c1ccncc1)c1ccc(Br)nc1. The summed E-state index contributed by atoms with van der Waals surface area (Å²) in [6, 6.07) is 7.24. The van der Waals surface area contributed by atoms with Gasteiger partial charge in [0.1, 0.15) is 10.2 Å². The van der Waals surface area contributed by atoms with Crippen molar-refractivity contribution in [3.8, 4) is 0 Å². The lowest BCUT2D eigenvalue weighted by Crippen LogP contribution is -2.22. The molecule has 0 spiro atoms. The first-order valence-electron chi connectivity index (χ1n) is 4.85. The van der Waals surface area contributed by atoms with Gasteiger partial charge >= 0.3 is 0 Å². The summed E-state index contributed by atoms with van der Waals surface area (Å²) in [7, 11) is 0. The topological polar surface area (TPSA) is 46.0 Å². The molecule has 0 aliphatic heterocycles. The molecule has 4 heteroatoms. The Hall–Kier alpha value is -1.26. The van der Waals surface area contributed by atoms with E-state index in [9.17, 15) is 5.11 Å². The summed E-state index contributed by atoms with van der Waals surface area (Å²) in [4.78, 5) is 8.04. The van der Waals surface area contributed by atoms with Crippen LogP contribution < -0.4 is 0 Å². The van der Waals surface area contributed by atoms with E-state index in [4.69, 9.17) is 0 Å². The van der Waals surface area contributed by atoms with E-state index in [1.165, 1.54) is 0 Å². The molecular weight excluding hydrogens is 268 g/mol. The summed E-state index contributed by atoms with van der Waals surface area (Å²) < 4.78 is 0.752. The fraction of sp³-hybridized carbons (Fsp3) is 0.167. The predicted molar refractivity (Wildman–Crippen MR) is 64.8 cm³/mol. The zero-order valence-corrected chi connectivity index (χ0v) is 10.3. The molecule has 16 heavy (non-hydrogen) atoms. The number of hydrogen-bond donors (Lipinski definition) is 1. The van der Waals surface area contributed by atoms with Crippen molar-refractivity contribution in [1.29, 1.82) is 0 Å². The summed E-state index contributed by atoms with van der Waals surface area (Å²) in [6.07, 6.45) is 4.98. The van der Waals surface area contributed by atoms with E-state index in [2.05, 4.69) is 25.9 Å². The van der Waals surface area contributed by atoms with E-state index >= 15 is 0 Å². The van der Waals surface area contributed by atoms with E-state index < -0.39 is 5.60 Å². The van der Waals surface area contributed by atoms with Crippen LogP contribution in [0.1, 0.15) is 18.1 Å². The lowest BCUT2D eigenvalue weighted by molar-refractivity contribution is 0.102. The molecule has 0 aliphatic rings. The zero-order valence-electron chi connectivity index (χ0n) is 8.76. The first-order chi connectivity index (χ1) is 7.60. The van der Waals surface area contributed by atoms with Crippen molar-refractivity contribution in [2.75, 3.05) is 0 Å². The Labute approximate surface area is 102 Å². The van der Waals surface area contributed by atoms with Gasteiger partial charge in [-0.05, 0) is 46.6 Å². The molecule has 0 bridgehead atoms. The van der Waals surface area contributed by atoms with Crippen molar-refractivity contribution in [2.24, 2.45) is 0 Å². The molecule has 2 aromatic heterocycles. The average Bonchev–Trinajstić information content (AvgIpc) is 2.31. The fourth-order valence-electron chi connectivity index (χ4n) is 1.51. The first-order valence-corrected chi connectivity index (χ1v) is 5.65.